The number of hydrogen-bond acceptors (Lipinski definition) is 3. The van der Waals surface area contributed by atoms with Crippen molar-refractivity contribution in [2.24, 2.45) is 5.41 Å². The van der Waals surface area contributed by atoms with Gasteiger partial charge in [-0.3, -0.25) is 9.59 Å². The first-order chi connectivity index (χ1) is 6.49. The number of aliphatic carboxylic acids is 1. The second kappa shape index (κ2) is 5.62. The van der Waals surface area contributed by atoms with Crippen molar-refractivity contribution in [3.05, 3.63) is 0 Å². The molecule has 0 aliphatic rings. The van der Waals surface area contributed by atoms with Crippen LogP contribution in [0, 0.1) is 5.41 Å². The molecule has 0 spiro atoms. The Kier molecular flexibility index (Phi) is 5.20. The summed E-state index contributed by atoms with van der Waals surface area (Å²) in [7, 11) is 0. The molecule has 0 aromatic rings. The van der Waals surface area contributed by atoms with Crippen molar-refractivity contribution in [3.8, 4) is 0 Å². The van der Waals surface area contributed by atoms with Gasteiger partial charge < -0.3 is 9.84 Å². The van der Waals surface area contributed by atoms with E-state index in [2.05, 4.69) is 0 Å². The Hall–Kier alpha value is -1.06. The van der Waals surface area contributed by atoms with E-state index in [-0.39, 0.29) is 6.61 Å². The van der Waals surface area contributed by atoms with Gasteiger partial charge in [0.25, 0.3) is 0 Å². The summed E-state index contributed by atoms with van der Waals surface area (Å²) in [5.74, 6) is -1.75. The molecule has 14 heavy (non-hydrogen) atoms. The zero-order valence-corrected chi connectivity index (χ0v) is 9.00. The molecule has 0 amide bonds. The van der Waals surface area contributed by atoms with Crippen LogP contribution in [-0.2, 0) is 14.3 Å². The van der Waals surface area contributed by atoms with E-state index < -0.39 is 17.4 Å². The Bertz CT molecular complexity index is 212. The fraction of sp³-hybridized carbons (Fsp3) is 0.800. The third-order valence-electron chi connectivity index (χ3n) is 2.23. The summed E-state index contributed by atoms with van der Waals surface area (Å²) in [6.07, 6.45) is 1.90. The predicted molar refractivity (Wildman–Crippen MR) is 51.9 cm³/mol. The average molecular weight is 202 g/mol. The van der Waals surface area contributed by atoms with E-state index in [1.165, 1.54) is 6.92 Å². The lowest BCUT2D eigenvalue weighted by Gasteiger charge is -2.21. The number of carboxylic acids is 1. The van der Waals surface area contributed by atoms with E-state index in [9.17, 15) is 9.59 Å². The van der Waals surface area contributed by atoms with Crippen molar-refractivity contribution in [2.45, 2.75) is 40.0 Å². The van der Waals surface area contributed by atoms with Gasteiger partial charge in [0.15, 0.2) is 5.41 Å². The number of carbonyl (C=O) groups is 2. The van der Waals surface area contributed by atoms with E-state index in [1.54, 1.807) is 6.92 Å². The van der Waals surface area contributed by atoms with Crippen LogP contribution in [0.1, 0.15) is 40.0 Å². The van der Waals surface area contributed by atoms with Gasteiger partial charge in [0, 0.05) is 0 Å². The molecular formula is C10H18O4. The quantitative estimate of drug-likeness (QED) is 0.527. The molecule has 4 nitrogen and oxygen atoms in total. The second-order valence-electron chi connectivity index (χ2n) is 3.46. The van der Waals surface area contributed by atoms with Crippen molar-refractivity contribution in [2.75, 3.05) is 6.61 Å². The molecule has 0 saturated carbocycles. The smallest absolute Gasteiger partial charge is 0.323 e. The SMILES string of the molecule is CCCC[C@](C)(C(=O)O)C(=O)OCC. The van der Waals surface area contributed by atoms with Gasteiger partial charge in [0.1, 0.15) is 0 Å². The van der Waals surface area contributed by atoms with Crippen LogP contribution in [0.25, 0.3) is 0 Å². The van der Waals surface area contributed by atoms with E-state index in [0.717, 1.165) is 6.42 Å². The molecule has 0 aromatic heterocycles. The van der Waals surface area contributed by atoms with Crippen molar-refractivity contribution < 1.29 is 19.4 Å². The van der Waals surface area contributed by atoms with Crippen LogP contribution in [0.2, 0.25) is 0 Å². The first-order valence-electron chi connectivity index (χ1n) is 4.89. The summed E-state index contributed by atoms with van der Waals surface area (Å²) < 4.78 is 4.75. The molecule has 0 unspecified atom stereocenters. The molecule has 0 fully saturated rings. The van der Waals surface area contributed by atoms with Crippen molar-refractivity contribution in [3.63, 3.8) is 0 Å². The van der Waals surface area contributed by atoms with Crippen molar-refractivity contribution >= 4 is 11.9 Å². The number of carbonyl (C=O) groups excluding carboxylic acids is 1. The van der Waals surface area contributed by atoms with Gasteiger partial charge >= 0.3 is 11.9 Å². The largest absolute Gasteiger partial charge is 0.480 e. The van der Waals surface area contributed by atoms with Gasteiger partial charge in [0.2, 0.25) is 0 Å². The third-order valence-corrected chi connectivity index (χ3v) is 2.23. The fourth-order valence-corrected chi connectivity index (χ4v) is 1.12. The zero-order chi connectivity index (χ0) is 11.2. The molecule has 0 aliphatic carbocycles. The highest BCUT2D eigenvalue weighted by Crippen LogP contribution is 2.26. The lowest BCUT2D eigenvalue weighted by molar-refractivity contribution is -0.167. The van der Waals surface area contributed by atoms with Crippen molar-refractivity contribution in [1.82, 2.24) is 0 Å². The molecule has 0 aromatic carbocycles. The highest BCUT2D eigenvalue weighted by atomic mass is 16.5. The minimum absolute atomic E-state index is 0.216. The number of unbranched alkanes of at least 4 members (excludes halogenated alkanes) is 1. The zero-order valence-electron chi connectivity index (χ0n) is 9.00. The van der Waals surface area contributed by atoms with E-state index in [4.69, 9.17) is 9.84 Å². The molecule has 0 radical (unpaired) electrons. The van der Waals surface area contributed by atoms with Gasteiger partial charge in [0.05, 0.1) is 6.61 Å². The number of rotatable bonds is 6. The number of carboxylic acid groups (broad SMARTS) is 1. The van der Waals surface area contributed by atoms with Crippen LogP contribution < -0.4 is 0 Å². The summed E-state index contributed by atoms with van der Waals surface area (Å²) >= 11 is 0. The van der Waals surface area contributed by atoms with Crippen LogP contribution in [-0.4, -0.2) is 23.7 Å². The Morgan fingerprint density at radius 1 is 1.36 bits per heavy atom. The third kappa shape index (κ3) is 3.01. The van der Waals surface area contributed by atoms with Gasteiger partial charge in [-0.05, 0) is 20.3 Å². The minimum Gasteiger partial charge on any atom is -0.480 e. The van der Waals surface area contributed by atoms with Gasteiger partial charge in [-0.2, -0.15) is 0 Å². The monoisotopic (exact) mass is 202 g/mol. The minimum atomic E-state index is -1.38. The number of ether oxygens (including phenoxy) is 1. The fourth-order valence-electron chi connectivity index (χ4n) is 1.12. The lowest BCUT2D eigenvalue weighted by Crippen LogP contribution is -2.37. The molecule has 0 aliphatic heterocycles. The molecule has 0 saturated heterocycles. The second-order valence-corrected chi connectivity index (χ2v) is 3.46. The maximum Gasteiger partial charge on any atom is 0.323 e. The predicted octanol–water partition coefficient (Wildman–Crippen LogP) is 1.83. The summed E-state index contributed by atoms with van der Waals surface area (Å²) in [4.78, 5) is 22.4. The van der Waals surface area contributed by atoms with Crippen LogP contribution in [0.3, 0.4) is 0 Å². The Morgan fingerprint density at radius 2 is 1.93 bits per heavy atom. The van der Waals surface area contributed by atoms with Gasteiger partial charge in [-0.1, -0.05) is 19.8 Å². The molecule has 4 heteroatoms. The highest BCUT2D eigenvalue weighted by Gasteiger charge is 2.42. The Morgan fingerprint density at radius 3 is 2.29 bits per heavy atom. The van der Waals surface area contributed by atoms with Crippen LogP contribution in [0.5, 0.6) is 0 Å². The summed E-state index contributed by atoms with van der Waals surface area (Å²) in [5, 5.41) is 8.96. The van der Waals surface area contributed by atoms with E-state index in [1.807, 2.05) is 6.92 Å². The van der Waals surface area contributed by atoms with Crippen LogP contribution in [0.15, 0.2) is 0 Å². The van der Waals surface area contributed by atoms with Crippen molar-refractivity contribution in [1.29, 1.82) is 0 Å². The summed E-state index contributed by atoms with van der Waals surface area (Å²) in [6, 6.07) is 0. The molecule has 0 heterocycles. The standard InChI is InChI=1S/C10H18O4/c1-4-6-7-10(3,8(11)12)9(13)14-5-2/h4-7H2,1-3H3,(H,11,12)/t10-/m1/s1. The Labute approximate surface area is 84.3 Å². The first kappa shape index (κ1) is 12.9. The molecule has 1 atom stereocenters. The van der Waals surface area contributed by atoms with Gasteiger partial charge in [-0.25, -0.2) is 0 Å². The molecular weight excluding hydrogens is 184 g/mol. The number of hydrogen-bond donors (Lipinski definition) is 1. The number of esters is 1. The maximum atomic E-state index is 11.4. The van der Waals surface area contributed by atoms with E-state index in [0.29, 0.717) is 12.8 Å². The highest BCUT2D eigenvalue weighted by molar-refractivity contribution is 5.98. The van der Waals surface area contributed by atoms with Crippen LogP contribution in [0.4, 0.5) is 0 Å². The first-order valence-corrected chi connectivity index (χ1v) is 4.89. The molecule has 82 valence electrons. The molecule has 1 N–H and O–H groups in total. The van der Waals surface area contributed by atoms with E-state index >= 15 is 0 Å². The van der Waals surface area contributed by atoms with Gasteiger partial charge in [-0.15, -0.1) is 0 Å². The Balaban J connectivity index is 4.53. The lowest BCUT2D eigenvalue weighted by atomic mass is 9.85. The topological polar surface area (TPSA) is 63.6 Å². The van der Waals surface area contributed by atoms with Crippen LogP contribution >= 0.6 is 0 Å². The maximum absolute atomic E-state index is 11.4. The summed E-state index contributed by atoms with van der Waals surface area (Å²) in [5.41, 5.74) is -1.38. The average Bonchev–Trinajstić information content (AvgIpc) is 2.14. The summed E-state index contributed by atoms with van der Waals surface area (Å²) in [6.45, 7) is 5.25. The normalized spacial score (nSPS) is 14.5. The molecule has 0 bridgehead atoms. The molecule has 0 rings (SSSR count).